The van der Waals surface area contributed by atoms with Crippen molar-refractivity contribution in [1.82, 2.24) is 9.97 Å². The number of nitrogens with zero attached hydrogens (tertiary/aromatic N) is 2. The van der Waals surface area contributed by atoms with Crippen molar-refractivity contribution in [3.05, 3.63) is 65.2 Å². The zero-order valence-corrected chi connectivity index (χ0v) is 22.4. The molecular formula is C27H34N4O5S. The number of aromatic carboxylic acids is 1. The molecule has 0 aliphatic carbocycles. The van der Waals surface area contributed by atoms with Gasteiger partial charge in [0.15, 0.2) is 0 Å². The van der Waals surface area contributed by atoms with E-state index >= 15 is 0 Å². The number of benzene rings is 2. The van der Waals surface area contributed by atoms with Gasteiger partial charge in [0.2, 0.25) is 11.8 Å². The topological polar surface area (TPSA) is 144 Å². The normalized spacial score (nSPS) is 12.4. The Morgan fingerprint density at radius 1 is 1.05 bits per heavy atom. The molecule has 0 fully saturated rings. The molecule has 0 aliphatic heterocycles. The van der Waals surface area contributed by atoms with Crippen LogP contribution in [0.25, 0.3) is 11.3 Å². The maximum Gasteiger partial charge on any atom is 0.335 e. The highest BCUT2D eigenvalue weighted by Gasteiger charge is 2.21. The first-order chi connectivity index (χ1) is 17.5. The zero-order valence-electron chi connectivity index (χ0n) is 21.6. The Labute approximate surface area is 218 Å². The maximum atomic E-state index is 13.1. The smallest absolute Gasteiger partial charge is 0.335 e. The molecule has 0 spiro atoms. The number of anilines is 1. The molecule has 3 aromatic rings. The van der Waals surface area contributed by atoms with Crippen molar-refractivity contribution in [2.24, 2.45) is 11.7 Å². The minimum Gasteiger partial charge on any atom is -0.478 e. The minimum absolute atomic E-state index is 0.148. The minimum atomic E-state index is -4.18. The number of hydrogen-bond acceptors (Lipinski definition) is 7. The summed E-state index contributed by atoms with van der Waals surface area (Å²) in [6.45, 7) is 8.44. The number of ether oxygens (including phenoxy) is 1. The molecule has 37 heavy (non-hydrogen) atoms. The predicted octanol–water partition coefficient (Wildman–Crippen LogP) is 4.52. The van der Waals surface area contributed by atoms with Crippen LogP contribution in [0, 0.1) is 5.92 Å². The Morgan fingerprint density at radius 2 is 1.70 bits per heavy atom. The number of aromatic nitrogens is 2. The second-order valence-corrected chi connectivity index (χ2v) is 10.9. The molecule has 0 amide bonds. The molecule has 0 saturated heterocycles. The fourth-order valence-corrected chi connectivity index (χ4v) is 5.07. The van der Waals surface area contributed by atoms with E-state index in [0.717, 1.165) is 42.0 Å². The van der Waals surface area contributed by atoms with Crippen LogP contribution >= 0.6 is 0 Å². The van der Waals surface area contributed by atoms with Crippen LogP contribution in [0.5, 0.6) is 5.88 Å². The number of carbonyl (C=O) groups is 1. The van der Waals surface area contributed by atoms with Gasteiger partial charge in [-0.3, -0.25) is 0 Å². The standard InChI is InChI=1S/C27H34N4O5S/c1-5-18-9-7-10-19(6-2)25(18)23-15-24(36-16-21(28)13-17(3)4)30-27(29-23)31-37(34,35)22-12-8-11-20(14-22)26(32)33/h7-12,14-15,17,21H,5-6,13,16,28H2,1-4H3,(H,32,33)(H,29,30,31)/t21-/m1/s1. The summed E-state index contributed by atoms with van der Waals surface area (Å²) < 4.78 is 34.5. The highest BCUT2D eigenvalue weighted by atomic mass is 32.2. The fraction of sp³-hybridized carbons (Fsp3) is 0.370. The average molecular weight is 527 g/mol. The van der Waals surface area contributed by atoms with Gasteiger partial charge in [-0.25, -0.2) is 22.9 Å². The summed E-state index contributed by atoms with van der Waals surface area (Å²) in [4.78, 5) is 19.9. The third-order valence-corrected chi connectivity index (χ3v) is 7.12. The molecule has 4 N–H and O–H groups in total. The van der Waals surface area contributed by atoms with Crippen LogP contribution in [0.4, 0.5) is 5.95 Å². The van der Waals surface area contributed by atoms with E-state index in [-0.39, 0.29) is 34.9 Å². The van der Waals surface area contributed by atoms with Crippen molar-refractivity contribution in [2.45, 2.75) is 57.9 Å². The summed E-state index contributed by atoms with van der Waals surface area (Å²) in [5, 5.41) is 9.25. The van der Waals surface area contributed by atoms with Gasteiger partial charge in [-0.05, 0) is 54.5 Å². The van der Waals surface area contributed by atoms with E-state index in [0.29, 0.717) is 11.6 Å². The second kappa shape index (κ2) is 12.2. The Balaban J connectivity index is 2.06. The van der Waals surface area contributed by atoms with Gasteiger partial charge in [-0.15, -0.1) is 0 Å². The van der Waals surface area contributed by atoms with Crippen LogP contribution in [0.3, 0.4) is 0 Å². The molecular weight excluding hydrogens is 492 g/mol. The van der Waals surface area contributed by atoms with Crippen LogP contribution in [-0.2, 0) is 22.9 Å². The van der Waals surface area contributed by atoms with Crippen molar-refractivity contribution in [3.8, 4) is 17.1 Å². The Morgan fingerprint density at radius 3 is 2.30 bits per heavy atom. The van der Waals surface area contributed by atoms with Gasteiger partial charge in [0, 0.05) is 17.7 Å². The first kappa shape index (κ1) is 28.1. The molecule has 10 heteroatoms. The molecule has 0 saturated carbocycles. The first-order valence-electron chi connectivity index (χ1n) is 12.3. The molecule has 2 aromatic carbocycles. The van der Waals surface area contributed by atoms with Crippen molar-refractivity contribution >= 4 is 21.9 Å². The summed E-state index contributed by atoms with van der Waals surface area (Å²) in [6.07, 6.45) is 2.27. The van der Waals surface area contributed by atoms with E-state index in [1.807, 2.05) is 32.0 Å². The molecule has 1 atom stereocenters. The Kier molecular flexibility index (Phi) is 9.23. The molecule has 1 heterocycles. The number of carboxylic acid groups (broad SMARTS) is 1. The van der Waals surface area contributed by atoms with E-state index in [9.17, 15) is 18.3 Å². The van der Waals surface area contributed by atoms with Gasteiger partial charge < -0.3 is 15.6 Å². The van der Waals surface area contributed by atoms with Gasteiger partial charge in [0.05, 0.1) is 16.2 Å². The summed E-state index contributed by atoms with van der Waals surface area (Å²) in [6, 6.07) is 12.6. The molecule has 9 nitrogen and oxygen atoms in total. The Hall–Kier alpha value is -3.50. The van der Waals surface area contributed by atoms with Crippen molar-refractivity contribution in [2.75, 3.05) is 11.3 Å². The number of hydrogen-bond donors (Lipinski definition) is 3. The van der Waals surface area contributed by atoms with E-state index < -0.39 is 16.0 Å². The van der Waals surface area contributed by atoms with Crippen molar-refractivity contribution < 1.29 is 23.1 Å². The number of rotatable bonds is 12. The Bertz CT molecular complexity index is 1340. The maximum absolute atomic E-state index is 13.1. The summed E-state index contributed by atoms with van der Waals surface area (Å²) in [5.41, 5.74) is 9.58. The second-order valence-electron chi connectivity index (χ2n) is 9.21. The van der Waals surface area contributed by atoms with Crippen molar-refractivity contribution in [3.63, 3.8) is 0 Å². The summed E-state index contributed by atoms with van der Waals surface area (Å²) >= 11 is 0. The molecule has 0 unspecified atom stereocenters. The van der Waals surface area contributed by atoms with Gasteiger partial charge in [-0.1, -0.05) is 52.0 Å². The van der Waals surface area contributed by atoms with Crippen LogP contribution in [-0.4, -0.2) is 42.1 Å². The number of sulfonamides is 1. The zero-order chi connectivity index (χ0) is 27.2. The number of aryl methyl sites for hydroxylation is 2. The third kappa shape index (κ3) is 7.27. The van der Waals surface area contributed by atoms with Gasteiger partial charge in [0.1, 0.15) is 6.61 Å². The molecule has 198 valence electrons. The monoisotopic (exact) mass is 526 g/mol. The molecule has 1 aromatic heterocycles. The summed E-state index contributed by atoms with van der Waals surface area (Å²) in [5.74, 6) is -0.827. The van der Waals surface area contributed by atoms with Crippen molar-refractivity contribution in [1.29, 1.82) is 0 Å². The highest BCUT2D eigenvalue weighted by molar-refractivity contribution is 7.92. The summed E-state index contributed by atoms with van der Waals surface area (Å²) in [7, 11) is -4.18. The lowest BCUT2D eigenvalue weighted by atomic mass is 9.95. The number of nitrogens with two attached hydrogens (primary N) is 1. The molecule has 0 aliphatic rings. The van der Waals surface area contributed by atoms with E-state index in [4.69, 9.17) is 10.5 Å². The van der Waals surface area contributed by atoms with Crippen LogP contribution < -0.4 is 15.2 Å². The van der Waals surface area contributed by atoms with Gasteiger partial charge in [-0.2, -0.15) is 4.98 Å². The quantitative estimate of drug-likeness (QED) is 0.312. The molecule has 0 bridgehead atoms. The van der Waals surface area contributed by atoms with Gasteiger partial charge in [0.25, 0.3) is 10.0 Å². The van der Waals surface area contributed by atoms with E-state index in [1.165, 1.54) is 18.2 Å². The molecule has 3 rings (SSSR count). The fourth-order valence-electron chi connectivity index (χ4n) is 4.09. The lowest BCUT2D eigenvalue weighted by Gasteiger charge is -2.17. The first-order valence-corrected chi connectivity index (χ1v) is 13.8. The van der Waals surface area contributed by atoms with E-state index in [1.54, 1.807) is 6.07 Å². The average Bonchev–Trinajstić information content (AvgIpc) is 2.86. The lowest BCUT2D eigenvalue weighted by Crippen LogP contribution is -2.29. The highest BCUT2D eigenvalue weighted by Crippen LogP contribution is 2.31. The molecule has 0 radical (unpaired) electrons. The number of carboxylic acids is 1. The van der Waals surface area contributed by atoms with Crippen LogP contribution in [0.1, 0.15) is 55.6 Å². The van der Waals surface area contributed by atoms with Gasteiger partial charge >= 0.3 is 5.97 Å². The van der Waals surface area contributed by atoms with E-state index in [2.05, 4.69) is 28.5 Å². The largest absolute Gasteiger partial charge is 0.478 e. The van der Waals surface area contributed by atoms with Crippen LogP contribution in [0.2, 0.25) is 0 Å². The third-order valence-electron chi connectivity index (χ3n) is 5.79. The number of nitrogens with one attached hydrogen (secondary N) is 1. The SMILES string of the molecule is CCc1cccc(CC)c1-c1cc(OC[C@H](N)CC(C)C)nc(NS(=O)(=O)c2cccc(C(=O)O)c2)n1. The lowest BCUT2D eigenvalue weighted by molar-refractivity contribution is 0.0696. The predicted molar refractivity (Wildman–Crippen MR) is 143 cm³/mol. The van der Waals surface area contributed by atoms with Crippen LogP contribution in [0.15, 0.2) is 53.4 Å².